The molecule has 0 aliphatic heterocycles. The normalized spacial score (nSPS) is 11.8. The zero-order chi connectivity index (χ0) is 11.8. The first-order valence-electron chi connectivity index (χ1n) is 4.93. The molecule has 0 aliphatic rings. The van der Waals surface area contributed by atoms with Crippen molar-refractivity contribution in [3.05, 3.63) is 30.1 Å². The molecule has 0 saturated carbocycles. The molecule has 1 aromatic carbocycles. The quantitative estimate of drug-likeness (QED) is 0.553. The number of terminal acetylenes is 1. The Morgan fingerprint density at radius 1 is 1.44 bits per heavy atom. The van der Waals surface area contributed by atoms with Crippen molar-refractivity contribution < 1.29 is 14.2 Å². The maximum Gasteiger partial charge on any atom is 0.123 e. The fourth-order valence-corrected chi connectivity index (χ4v) is 1.09. The molecule has 0 radical (unpaired) electrons. The average molecular weight is 223 g/mol. The lowest BCUT2D eigenvalue weighted by atomic mass is 10.3. The Kier molecular flexibility index (Phi) is 5.34. The van der Waals surface area contributed by atoms with Gasteiger partial charge in [0.25, 0.3) is 0 Å². The number of aliphatic hydroxyl groups excluding tert-OH is 1. The second-order valence-corrected chi connectivity index (χ2v) is 3.25. The number of aliphatic hydroxyl groups is 1. The van der Waals surface area contributed by atoms with Gasteiger partial charge in [0, 0.05) is 6.54 Å². The number of hydrogen-bond acceptors (Lipinski definition) is 3. The fraction of sp³-hybridized carbons (Fsp3) is 0.333. The van der Waals surface area contributed by atoms with Crippen molar-refractivity contribution in [2.24, 2.45) is 0 Å². The summed E-state index contributed by atoms with van der Waals surface area (Å²) in [4.78, 5) is 0. The van der Waals surface area contributed by atoms with Crippen LogP contribution in [-0.2, 0) is 0 Å². The molecule has 0 saturated heterocycles. The smallest absolute Gasteiger partial charge is 0.123 e. The number of nitrogens with one attached hydrogen (secondary N) is 1. The van der Waals surface area contributed by atoms with E-state index >= 15 is 0 Å². The molecule has 0 amide bonds. The van der Waals surface area contributed by atoms with Gasteiger partial charge in [-0.25, -0.2) is 4.39 Å². The first-order valence-corrected chi connectivity index (χ1v) is 4.93. The summed E-state index contributed by atoms with van der Waals surface area (Å²) in [7, 11) is 0. The molecule has 0 fully saturated rings. The number of ether oxygens (including phenoxy) is 1. The molecular weight excluding hydrogens is 209 g/mol. The van der Waals surface area contributed by atoms with Crippen molar-refractivity contribution >= 4 is 0 Å². The number of hydrogen-bond donors (Lipinski definition) is 2. The molecule has 0 bridgehead atoms. The van der Waals surface area contributed by atoms with Crippen molar-refractivity contribution in [3.8, 4) is 18.1 Å². The molecule has 0 heterocycles. The Balaban J connectivity index is 2.23. The van der Waals surface area contributed by atoms with Crippen molar-refractivity contribution in [3.63, 3.8) is 0 Å². The highest BCUT2D eigenvalue weighted by molar-refractivity contribution is 5.22. The molecule has 4 heteroatoms. The molecule has 0 spiro atoms. The molecule has 0 aliphatic carbocycles. The molecule has 1 atom stereocenters. The summed E-state index contributed by atoms with van der Waals surface area (Å²) in [5, 5.41) is 12.3. The standard InChI is InChI=1S/C12H14FNO2/c1-2-7-14-8-11(15)9-16-12-5-3-10(13)4-6-12/h1,3-6,11,14-15H,7-9H2. The first kappa shape index (κ1) is 12.5. The van der Waals surface area contributed by atoms with Crippen LogP contribution in [0.3, 0.4) is 0 Å². The van der Waals surface area contributed by atoms with Gasteiger partial charge in [-0.2, -0.15) is 0 Å². The zero-order valence-electron chi connectivity index (χ0n) is 8.82. The molecule has 1 rings (SSSR count). The van der Waals surface area contributed by atoms with Gasteiger partial charge in [0.05, 0.1) is 6.54 Å². The van der Waals surface area contributed by atoms with Gasteiger partial charge >= 0.3 is 0 Å². The third-order valence-corrected chi connectivity index (χ3v) is 1.86. The van der Waals surface area contributed by atoms with Crippen molar-refractivity contribution in [1.82, 2.24) is 5.32 Å². The highest BCUT2D eigenvalue weighted by Crippen LogP contribution is 2.10. The van der Waals surface area contributed by atoms with E-state index in [0.29, 0.717) is 18.8 Å². The lowest BCUT2D eigenvalue weighted by molar-refractivity contribution is 0.107. The second kappa shape index (κ2) is 6.83. The molecule has 1 aromatic rings. The summed E-state index contributed by atoms with van der Waals surface area (Å²) in [5.41, 5.74) is 0. The van der Waals surface area contributed by atoms with E-state index in [9.17, 15) is 9.50 Å². The molecule has 86 valence electrons. The van der Waals surface area contributed by atoms with Gasteiger partial charge in [0.2, 0.25) is 0 Å². The monoisotopic (exact) mass is 223 g/mol. The van der Waals surface area contributed by atoms with Crippen LogP contribution in [0.15, 0.2) is 24.3 Å². The Hall–Kier alpha value is -1.57. The number of halogens is 1. The lowest BCUT2D eigenvalue weighted by Gasteiger charge is -2.12. The Bertz CT molecular complexity index is 345. The predicted molar refractivity (Wildman–Crippen MR) is 59.6 cm³/mol. The minimum Gasteiger partial charge on any atom is -0.491 e. The summed E-state index contributed by atoms with van der Waals surface area (Å²) in [5.74, 6) is 2.61. The van der Waals surface area contributed by atoms with Crippen LogP contribution in [0, 0.1) is 18.2 Å². The van der Waals surface area contributed by atoms with Crippen LogP contribution in [0.2, 0.25) is 0 Å². The summed E-state index contributed by atoms with van der Waals surface area (Å²) in [6.07, 6.45) is 4.39. The summed E-state index contributed by atoms with van der Waals surface area (Å²) in [6.45, 7) is 0.919. The van der Waals surface area contributed by atoms with Crippen molar-refractivity contribution in [2.75, 3.05) is 19.7 Å². The van der Waals surface area contributed by atoms with Crippen LogP contribution in [0.4, 0.5) is 4.39 Å². The van der Waals surface area contributed by atoms with Gasteiger partial charge in [-0.3, -0.25) is 0 Å². The molecule has 1 unspecified atom stereocenters. The van der Waals surface area contributed by atoms with E-state index in [4.69, 9.17) is 11.2 Å². The van der Waals surface area contributed by atoms with E-state index in [1.807, 2.05) is 0 Å². The highest BCUT2D eigenvalue weighted by Gasteiger charge is 2.04. The van der Waals surface area contributed by atoms with Crippen LogP contribution in [-0.4, -0.2) is 30.9 Å². The maximum atomic E-state index is 12.6. The molecule has 3 nitrogen and oxygen atoms in total. The van der Waals surface area contributed by atoms with E-state index < -0.39 is 6.10 Å². The van der Waals surface area contributed by atoms with Crippen LogP contribution < -0.4 is 10.1 Å². The largest absolute Gasteiger partial charge is 0.491 e. The van der Waals surface area contributed by atoms with Gasteiger partial charge in [-0.15, -0.1) is 6.42 Å². The zero-order valence-corrected chi connectivity index (χ0v) is 8.82. The van der Waals surface area contributed by atoms with Gasteiger partial charge < -0.3 is 15.2 Å². The van der Waals surface area contributed by atoms with Crippen molar-refractivity contribution in [1.29, 1.82) is 0 Å². The maximum absolute atomic E-state index is 12.6. The van der Waals surface area contributed by atoms with Crippen LogP contribution in [0.5, 0.6) is 5.75 Å². The SMILES string of the molecule is C#CCNCC(O)COc1ccc(F)cc1. The van der Waals surface area contributed by atoms with Crippen LogP contribution >= 0.6 is 0 Å². The predicted octanol–water partition coefficient (Wildman–Crippen LogP) is 0.788. The van der Waals surface area contributed by atoms with E-state index in [0.717, 1.165) is 0 Å². The number of benzene rings is 1. The minimum absolute atomic E-state index is 0.142. The van der Waals surface area contributed by atoms with Gasteiger partial charge in [-0.05, 0) is 24.3 Å². The van der Waals surface area contributed by atoms with Crippen LogP contribution in [0.1, 0.15) is 0 Å². The molecule has 0 aromatic heterocycles. The third-order valence-electron chi connectivity index (χ3n) is 1.86. The van der Waals surface area contributed by atoms with E-state index in [1.165, 1.54) is 24.3 Å². The third kappa shape index (κ3) is 4.78. The Labute approximate surface area is 94.2 Å². The summed E-state index contributed by atoms with van der Waals surface area (Å²) in [6, 6.07) is 5.63. The Morgan fingerprint density at radius 2 is 2.12 bits per heavy atom. The van der Waals surface area contributed by atoms with Gasteiger partial charge in [0.15, 0.2) is 0 Å². The average Bonchev–Trinajstić information content (AvgIpc) is 2.29. The Morgan fingerprint density at radius 3 is 2.75 bits per heavy atom. The fourth-order valence-electron chi connectivity index (χ4n) is 1.09. The van der Waals surface area contributed by atoms with Gasteiger partial charge in [-0.1, -0.05) is 5.92 Å². The highest BCUT2D eigenvalue weighted by atomic mass is 19.1. The van der Waals surface area contributed by atoms with Gasteiger partial charge in [0.1, 0.15) is 24.3 Å². The minimum atomic E-state index is -0.640. The number of rotatable bonds is 6. The molecule has 2 N–H and O–H groups in total. The molecular formula is C12H14FNO2. The molecule has 16 heavy (non-hydrogen) atoms. The first-order chi connectivity index (χ1) is 7.72. The van der Waals surface area contributed by atoms with E-state index in [-0.39, 0.29) is 12.4 Å². The van der Waals surface area contributed by atoms with Crippen molar-refractivity contribution in [2.45, 2.75) is 6.10 Å². The van der Waals surface area contributed by atoms with Crippen LogP contribution in [0.25, 0.3) is 0 Å². The lowest BCUT2D eigenvalue weighted by Crippen LogP contribution is -2.31. The second-order valence-electron chi connectivity index (χ2n) is 3.25. The van der Waals surface area contributed by atoms with E-state index in [1.54, 1.807) is 0 Å². The topological polar surface area (TPSA) is 41.5 Å². The van der Waals surface area contributed by atoms with E-state index in [2.05, 4.69) is 11.2 Å². The summed E-state index contributed by atoms with van der Waals surface area (Å²) >= 11 is 0. The summed E-state index contributed by atoms with van der Waals surface area (Å²) < 4.78 is 17.8.